The monoisotopic (exact) mass is 263 g/mol. The molecule has 0 aliphatic rings. The minimum atomic E-state index is -0.874. The number of carboxylic acids is 1. The first kappa shape index (κ1) is 15.5. The topological polar surface area (TPSA) is 49.3 Å². The van der Waals surface area contributed by atoms with Crippen molar-refractivity contribution in [2.45, 2.75) is 58.9 Å². The molecule has 1 aromatic carbocycles. The van der Waals surface area contributed by atoms with Crippen LogP contribution in [0.2, 0.25) is 0 Å². The van der Waals surface area contributed by atoms with E-state index in [2.05, 4.69) is 19.2 Å². The van der Waals surface area contributed by atoms with E-state index in [0.717, 1.165) is 17.7 Å². The first-order chi connectivity index (χ1) is 9.04. The SMILES string of the molecule is CCCCCCC(C)Nc1cc(C)ccc1C(=O)O. The molecule has 1 aromatic rings. The zero-order valence-electron chi connectivity index (χ0n) is 12.2. The summed E-state index contributed by atoms with van der Waals surface area (Å²) in [6.07, 6.45) is 6.03. The van der Waals surface area contributed by atoms with Crippen molar-refractivity contribution in [3.63, 3.8) is 0 Å². The molecule has 0 radical (unpaired) electrons. The van der Waals surface area contributed by atoms with Gasteiger partial charge in [0.2, 0.25) is 0 Å². The average Bonchev–Trinajstić information content (AvgIpc) is 2.34. The number of hydrogen-bond acceptors (Lipinski definition) is 2. The van der Waals surface area contributed by atoms with E-state index in [0.29, 0.717) is 11.6 Å². The molecule has 0 amide bonds. The molecule has 19 heavy (non-hydrogen) atoms. The van der Waals surface area contributed by atoms with Crippen LogP contribution in [-0.2, 0) is 0 Å². The van der Waals surface area contributed by atoms with Crippen LogP contribution in [0.3, 0.4) is 0 Å². The van der Waals surface area contributed by atoms with Gasteiger partial charge in [0, 0.05) is 11.7 Å². The van der Waals surface area contributed by atoms with Gasteiger partial charge in [-0.25, -0.2) is 4.79 Å². The summed E-state index contributed by atoms with van der Waals surface area (Å²) in [4.78, 5) is 11.2. The van der Waals surface area contributed by atoms with Crippen LogP contribution in [0.25, 0.3) is 0 Å². The van der Waals surface area contributed by atoms with E-state index in [-0.39, 0.29) is 0 Å². The molecule has 0 aliphatic carbocycles. The maximum absolute atomic E-state index is 11.2. The second-order valence-electron chi connectivity index (χ2n) is 5.25. The average molecular weight is 263 g/mol. The van der Waals surface area contributed by atoms with Crippen LogP contribution >= 0.6 is 0 Å². The molecule has 0 spiro atoms. The molecule has 106 valence electrons. The molecule has 0 fully saturated rings. The standard InChI is InChI=1S/C16H25NO2/c1-4-5-6-7-8-13(3)17-15-11-12(2)9-10-14(15)16(18)19/h9-11,13,17H,4-8H2,1-3H3,(H,18,19). The van der Waals surface area contributed by atoms with E-state index in [4.69, 9.17) is 0 Å². The summed E-state index contributed by atoms with van der Waals surface area (Å²) in [5.74, 6) is -0.874. The van der Waals surface area contributed by atoms with Gasteiger partial charge in [-0.2, -0.15) is 0 Å². The van der Waals surface area contributed by atoms with E-state index in [9.17, 15) is 9.90 Å². The normalized spacial score (nSPS) is 12.2. The van der Waals surface area contributed by atoms with Crippen LogP contribution in [-0.4, -0.2) is 17.1 Å². The number of anilines is 1. The van der Waals surface area contributed by atoms with Crippen molar-refractivity contribution in [1.29, 1.82) is 0 Å². The summed E-state index contributed by atoms with van der Waals surface area (Å²) in [5.41, 5.74) is 2.16. The van der Waals surface area contributed by atoms with Crippen molar-refractivity contribution in [2.24, 2.45) is 0 Å². The third-order valence-electron chi connectivity index (χ3n) is 3.30. The van der Waals surface area contributed by atoms with Gasteiger partial charge < -0.3 is 10.4 Å². The fourth-order valence-electron chi connectivity index (χ4n) is 2.18. The van der Waals surface area contributed by atoms with Gasteiger partial charge in [-0.15, -0.1) is 0 Å². The molecule has 0 aromatic heterocycles. The minimum Gasteiger partial charge on any atom is -0.478 e. The zero-order valence-corrected chi connectivity index (χ0v) is 12.2. The molecule has 0 heterocycles. The smallest absolute Gasteiger partial charge is 0.337 e. The number of nitrogens with one attached hydrogen (secondary N) is 1. The predicted octanol–water partition coefficient (Wildman–Crippen LogP) is 4.46. The first-order valence-electron chi connectivity index (χ1n) is 7.15. The highest BCUT2D eigenvalue weighted by molar-refractivity contribution is 5.94. The van der Waals surface area contributed by atoms with Crippen molar-refractivity contribution >= 4 is 11.7 Å². The van der Waals surface area contributed by atoms with Crippen LogP contribution in [0, 0.1) is 6.92 Å². The third-order valence-corrected chi connectivity index (χ3v) is 3.30. The van der Waals surface area contributed by atoms with Crippen LogP contribution in [0.1, 0.15) is 61.9 Å². The van der Waals surface area contributed by atoms with Gasteiger partial charge in [0.1, 0.15) is 0 Å². The summed E-state index contributed by atoms with van der Waals surface area (Å²) in [5, 5.41) is 12.5. The lowest BCUT2D eigenvalue weighted by molar-refractivity contribution is 0.0698. The van der Waals surface area contributed by atoms with E-state index in [1.54, 1.807) is 6.07 Å². The lowest BCUT2D eigenvalue weighted by Gasteiger charge is -2.17. The van der Waals surface area contributed by atoms with Crippen molar-refractivity contribution < 1.29 is 9.90 Å². The van der Waals surface area contributed by atoms with Crippen LogP contribution in [0.4, 0.5) is 5.69 Å². The Kier molecular flexibility index (Phi) is 6.40. The van der Waals surface area contributed by atoms with Crippen LogP contribution in [0.5, 0.6) is 0 Å². The van der Waals surface area contributed by atoms with E-state index in [1.165, 1.54) is 25.7 Å². The number of hydrogen-bond donors (Lipinski definition) is 2. The Morgan fingerprint density at radius 1 is 1.32 bits per heavy atom. The van der Waals surface area contributed by atoms with E-state index in [1.807, 2.05) is 19.1 Å². The molecule has 0 bridgehead atoms. The maximum atomic E-state index is 11.2. The number of aryl methyl sites for hydroxylation is 1. The number of benzene rings is 1. The van der Waals surface area contributed by atoms with E-state index < -0.39 is 5.97 Å². The quantitative estimate of drug-likeness (QED) is 0.681. The number of aromatic carboxylic acids is 1. The summed E-state index contributed by atoms with van der Waals surface area (Å²) in [7, 11) is 0. The van der Waals surface area contributed by atoms with Gasteiger partial charge in [-0.3, -0.25) is 0 Å². The lowest BCUT2D eigenvalue weighted by Crippen LogP contribution is -2.17. The fraction of sp³-hybridized carbons (Fsp3) is 0.562. The number of carboxylic acid groups (broad SMARTS) is 1. The first-order valence-corrected chi connectivity index (χ1v) is 7.15. The Hall–Kier alpha value is -1.51. The molecular weight excluding hydrogens is 238 g/mol. The molecular formula is C16H25NO2. The molecule has 2 N–H and O–H groups in total. The highest BCUT2D eigenvalue weighted by Gasteiger charge is 2.11. The zero-order chi connectivity index (χ0) is 14.3. The second kappa shape index (κ2) is 7.82. The van der Waals surface area contributed by atoms with Gasteiger partial charge in [0.05, 0.1) is 5.56 Å². The molecule has 0 saturated heterocycles. The number of unbranched alkanes of at least 4 members (excludes halogenated alkanes) is 3. The van der Waals surface area contributed by atoms with Gasteiger partial charge >= 0.3 is 5.97 Å². The Morgan fingerprint density at radius 2 is 2.05 bits per heavy atom. The molecule has 0 saturated carbocycles. The molecule has 1 rings (SSSR count). The van der Waals surface area contributed by atoms with Gasteiger partial charge in [0.25, 0.3) is 0 Å². The highest BCUT2D eigenvalue weighted by atomic mass is 16.4. The summed E-state index contributed by atoms with van der Waals surface area (Å²) >= 11 is 0. The highest BCUT2D eigenvalue weighted by Crippen LogP contribution is 2.20. The Labute approximate surface area is 116 Å². The van der Waals surface area contributed by atoms with E-state index >= 15 is 0 Å². The van der Waals surface area contributed by atoms with Crippen molar-refractivity contribution in [3.05, 3.63) is 29.3 Å². The Bertz CT molecular complexity index is 415. The summed E-state index contributed by atoms with van der Waals surface area (Å²) < 4.78 is 0. The Balaban J connectivity index is 2.60. The van der Waals surface area contributed by atoms with Crippen LogP contribution < -0.4 is 5.32 Å². The number of rotatable bonds is 8. The molecule has 3 nitrogen and oxygen atoms in total. The summed E-state index contributed by atoms with van der Waals surface area (Å²) in [6, 6.07) is 5.72. The van der Waals surface area contributed by atoms with Crippen molar-refractivity contribution in [1.82, 2.24) is 0 Å². The third kappa shape index (κ3) is 5.33. The largest absolute Gasteiger partial charge is 0.478 e. The van der Waals surface area contributed by atoms with Crippen molar-refractivity contribution in [3.8, 4) is 0 Å². The van der Waals surface area contributed by atoms with Gasteiger partial charge in [0.15, 0.2) is 0 Å². The fourth-order valence-corrected chi connectivity index (χ4v) is 2.18. The molecule has 1 atom stereocenters. The maximum Gasteiger partial charge on any atom is 0.337 e. The van der Waals surface area contributed by atoms with Gasteiger partial charge in [-0.1, -0.05) is 38.7 Å². The summed E-state index contributed by atoms with van der Waals surface area (Å²) in [6.45, 7) is 6.29. The number of carbonyl (C=O) groups is 1. The molecule has 1 unspecified atom stereocenters. The lowest BCUT2D eigenvalue weighted by atomic mass is 10.1. The Morgan fingerprint density at radius 3 is 2.68 bits per heavy atom. The van der Waals surface area contributed by atoms with Crippen molar-refractivity contribution in [2.75, 3.05) is 5.32 Å². The van der Waals surface area contributed by atoms with Crippen LogP contribution in [0.15, 0.2) is 18.2 Å². The van der Waals surface area contributed by atoms with Gasteiger partial charge in [-0.05, 0) is 38.0 Å². The predicted molar refractivity (Wildman–Crippen MR) is 80.0 cm³/mol. The minimum absolute atomic E-state index is 0.303. The second-order valence-corrected chi connectivity index (χ2v) is 5.25. The molecule has 0 aliphatic heterocycles. The molecule has 3 heteroatoms.